The number of aromatic nitrogens is 1. The van der Waals surface area contributed by atoms with Gasteiger partial charge >= 0.3 is 0 Å². The molecule has 0 bridgehead atoms. The van der Waals surface area contributed by atoms with Crippen molar-refractivity contribution in [2.75, 3.05) is 25.0 Å². The van der Waals surface area contributed by atoms with Crippen molar-refractivity contribution in [3.8, 4) is 0 Å². The second-order valence-electron chi connectivity index (χ2n) is 4.93. The van der Waals surface area contributed by atoms with Gasteiger partial charge in [0.15, 0.2) is 0 Å². The third-order valence-electron chi connectivity index (χ3n) is 2.89. The predicted molar refractivity (Wildman–Crippen MR) is 83.7 cm³/mol. The average molecular weight is 259 g/mol. The fourth-order valence-corrected chi connectivity index (χ4v) is 1.93. The molecular weight excluding hydrogens is 234 g/mol. The first-order valence-corrected chi connectivity index (χ1v) is 6.74. The largest absolute Gasteiger partial charge is 0.349 e. The summed E-state index contributed by atoms with van der Waals surface area (Å²) in [4.78, 5) is 6.93. The molecule has 0 spiro atoms. The third kappa shape index (κ3) is 4.52. The van der Waals surface area contributed by atoms with Gasteiger partial charge in [-0.2, -0.15) is 0 Å². The van der Waals surface area contributed by atoms with E-state index in [0.29, 0.717) is 5.92 Å². The van der Waals surface area contributed by atoms with Gasteiger partial charge in [0.25, 0.3) is 0 Å². The van der Waals surface area contributed by atoms with Crippen LogP contribution in [0.15, 0.2) is 37.4 Å². The Morgan fingerprint density at radius 3 is 2.37 bits per heavy atom. The van der Waals surface area contributed by atoms with Crippen LogP contribution in [0.2, 0.25) is 0 Å². The van der Waals surface area contributed by atoms with Crippen molar-refractivity contribution in [2.45, 2.75) is 26.3 Å². The van der Waals surface area contributed by atoms with E-state index in [9.17, 15) is 0 Å². The lowest BCUT2D eigenvalue weighted by Gasteiger charge is -2.22. The van der Waals surface area contributed by atoms with Crippen molar-refractivity contribution >= 4 is 5.82 Å². The fourth-order valence-electron chi connectivity index (χ4n) is 1.93. The van der Waals surface area contributed by atoms with Crippen LogP contribution in [0, 0.1) is 0 Å². The van der Waals surface area contributed by atoms with Crippen molar-refractivity contribution in [3.63, 3.8) is 0 Å². The predicted octanol–water partition coefficient (Wildman–Crippen LogP) is 3.10. The Morgan fingerprint density at radius 1 is 1.26 bits per heavy atom. The lowest BCUT2D eigenvalue weighted by Crippen LogP contribution is -2.25. The summed E-state index contributed by atoms with van der Waals surface area (Å²) in [5.41, 5.74) is 2.38. The van der Waals surface area contributed by atoms with E-state index in [0.717, 1.165) is 31.1 Å². The van der Waals surface area contributed by atoms with Crippen LogP contribution in [0.3, 0.4) is 0 Å². The number of rotatable bonds is 8. The first-order valence-electron chi connectivity index (χ1n) is 6.74. The molecule has 1 aromatic heterocycles. The summed E-state index contributed by atoms with van der Waals surface area (Å²) in [6.45, 7) is 14.4. The number of nitrogens with one attached hydrogen (secondary N) is 1. The van der Waals surface area contributed by atoms with E-state index in [1.165, 1.54) is 5.56 Å². The Labute approximate surface area is 117 Å². The molecule has 0 aliphatic rings. The van der Waals surface area contributed by atoms with Crippen LogP contribution in [0.4, 0.5) is 5.82 Å². The van der Waals surface area contributed by atoms with E-state index in [4.69, 9.17) is 4.98 Å². The minimum absolute atomic E-state index is 0.421. The molecule has 3 heteroatoms. The van der Waals surface area contributed by atoms with E-state index in [-0.39, 0.29) is 0 Å². The molecule has 0 aliphatic heterocycles. The summed E-state index contributed by atoms with van der Waals surface area (Å²) < 4.78 is 0. The monoisotopic (exact) mass is 259 g/mol. The molecule has 104 valence electrons. The Kier molecular flexibility index (Phi) is 6.30. The van der Waals surface area contributed by atoms with Crippen molar-refractivity contribution < 1.29 is 0 Å². The zero-order chi connectivity index (χ0) is 14.3. The van der Waals surface area contributed by atoms with Gasteiger partial charge in [-0.15, -0.1) is 13.2 Å². The van der Waals surface area contributed by atoms with Gasteiger partial charge in [0.1, 0.15) is 5.82 Å². The summed E-state index contributed by atoms with van der Waals surface area (Å²) in [5, 5.41) is 3.19. The van der Waals surface area contributed by atoms with Crippen LogP contribution >= 0.6 is 0 Å². The Balaban J connectivity index is 3.14. The van der Waals surface area contributed by atoms with Gasteiger partial charge in [-0.1, -0.05) is 26.0 Å². The first-order chi connectivity index (χ1) is 9.12. The summed E-state index contributed by atoms with van der Waals surface area (Å²) in [7, 11) is 1.96. The Hall–Kier alpha value is -1.61. The molecule has 0 amide bonds. The normalized spacial score (nSPS) is 10.5. The molecule has 1 rings (SSSR count). The van der Waals surface area contributed by atoms with Gasteiger partial charge in [-0.3, -0.25) is 0 Å². The van der Waals surface area contributed by atoms with Crippen LogP contribution in [0.25, 0.3) is 0 Å². The Morgan fingerprint density at radius 2 is 1.89 bits per heavy atom. The summed E-state index contributed by atoms with van der Waals surface area (Å²) in [6, 6.07) is 4.31. The maximum absolute atomic E-state index is 4.76. The lowest BCUT2D eigenvalue weighted by atomic mass is 10.1. The van der Waals surface area contributed by atoms with Gasteiger partial charge in [0, 0.05) is 25.3 Å². The van der Waals surface area contributed by atoms with E-state index in [1.807, 2.05) is 19.2 Å². The molecule has 0 saturated heterocycles. The van der Waals surface area contributed by atoms with Gasteiger partial charge in [-0.05, 0) is 30.7 Å². The van der Waals surface area contributed by atoms with Crippen LogP contribution in [0.5, 0.6) is 0 Å². The van der Waals surface area contributed by atoms with Gasteiger partial charge in [0.2, 0.25) is 0 Å². The highest BCUT2D eigenvalue weighted by molar-refractivity contribution is 5.44. The van der Waals surface area contributed by atoms with E-state index >= 15 is 0 Å². The van der Waals surface area contributed by atoms with Gasteiger partial charge in [0.05, 0.1) is 0 Å². The fraction of sp³-hybridized carbons (Fsp3) is 0.438. The van der Waals surface area contributed by atoms with Crippen LogP contribution in [-0.4, -0.2) is 25.1 Å². The number of anilines is 1. The zero-order valence-electron chi connectivity index (χ0n) is 12.3. The molecule has 0 fully saturated rings. The molecule has 0 aliphatic carbocycles. The molecule has 1 heterocycles. The molecule has 0 aromatic carbocycles. The summed E-state index contributed by atoms with van der Waals surface area (Å²) in [6.07, 6.45) is 3.79. The summed E-state index contributed by atoms with van der Waals surface area (Å²) >= 11 is 0. The highest BCUT2D eigenvalue weighted by Crippen LogP contribution is 2.20. The van der Waals surface area contributed by atoms with E-state index < -0.39 is 0 Å². The molecule has 0 saturated carbocycles. The van der Waals surface area contributed by atoms with E-state index in [2.05, 4.69) is 49.4 Å². The number of hydrogen-bond acceptors (Lipinski definition) is 3. The van der Waals surface area contributed by atoms with Crippen LogP contribution in [0.1, 0.15) is 31.0 Å². The quantitative estimate of drug-likeness (QED) is 0.727. The molecular formula is C16H25N3. The lowest BCUT2D eigenvalue weighted by molar-refractivity contribution is 0.779. The molecule has 1 N–H and O–H groups in total. The van der Waals surface area contributed by atoms with Crippen LogP contribution in [-0.2, 0) is 6.54 Å². The minimum Gasteiger partial charge on any atom is -0.349 e. The molecule has 1 aromatic rings. The SMILES string of the molecule is C=CCN(CC=C)c1cc(CNC)cc(C(C)C)n1. The molecule has 19 heavy (non-hydrogen) atoms. The number of nitrogens with zero attached hydrogens (tertiary/aromatic N) is 2. The smallest absolute Gasteiger partial charge is 0.129 e. The maximum Gasteiger partial charge on any atom is 0.129 e. The number of pyridine rings is 1. The second-order valence-corrected chi connectivity index (χ2v) is 4.93. The average Bonchev–Trinajstić information content (AvgIpc) is 2.38. The standard InChI is InChI=1S/C16H25N3/c1-6-8-19(9-7-2)16-11-14(12-17-5)10-15(18-16)13(3)4/h6-7,10-11,13,17H,1-2,8-9,12H2,3-5H3. The topological polar surface area (TPSA) is 28.2 Å². The van der Waals surface area contributed by atoms with Crippen molar-refractivity contribution in [1.29, 1.82) is 0 Å². The number of hydrogen-bond donors (Lipinski definition) is 1. The third-order valence-corrected chi connectivity index (χ3v) is 2.89. The first kappa shape index (κ1) is 15.4. The van der Waals surface area contributed by atoms with Gasteiger partial charge in [-0.25, -0.2) is 4.98 Å². The molecule has 0 atom stereocenters. The minimum atomic E-state index is 0.421. The van der Waals surface area contributed by atoms with Crippen molar-refractivity contribution in [1.82, 2.24) is 10.3 Å². The maximum atomic E-state index is 4.76. The van der Waals surface area contributed by atoms with Crippen molar-refractivity contribution in [2.24, 2.45) is 0 Å². The highest BCUT2D eigenvalue weighted by atomic mass is 15.2. The summed E-state index contributed by atoms with van der Waals surface area (Å²) in [5.74, 6) is 1.42. The van der Waals surface area contributed by atoms with E-state index in [1.54, 1.807) is 0 Å². The molecule has 0 unspecified atom stereocenters. The van der Waals surface area contributed by atoms with Gasteiger partial charge < -0.3 is 10.2 Å². The second kappa shape index (κ2) is 7.74. The zero-order valence-corrected chi connectivity index (χ0v) is 12.3. The Bertz CT molecular complexity index is 414. The molecule has 0 radical (unpaired) electrons. The van der Waals surface area contributed by atoms with Crippen molar-refractivity contribution in [3.05, 3.63) is 48.7 Å². The molecule has 3 nitrogen and oxygen atoms in total. The highest BCUT2D eigenvalue weighted by Gasteiger charge is 2.10. The van der Waals surface area contributed by atoms with Crippen LogP contribution < -0.4 is 10.2 Å².